The normalized spacial score (nSPS) is 60.8. The zero-order chi connectivity index (χ0) is 31.5. The van der Waals surface area contributed by atoms with E-state index in [0.717, 1.165) is 77.0 Å². The third kappa shape index (κ3) is 3.17. The fourth-order valence-corrected chi connectivity index (χ4v) is 12.6. The highest BCUT2D eigenvalue weighted by atomic mass is 16.9. The molecule has 14 aliphatic rings. The van der Waals surface area contributed by atoms with Gasteiger partial charge in [-0.05, 0) is 88.9 Å². The first-order chi connectivity index (χ1) is 23.5. The summed E-state index contributed by atoms with van der Waals surface area (Å²) < 4.78 is 80.0. The summed E-state index contributed by atoms with van der Waals surface area (Å²) in [5, 5.41) is 0. The second-order valence-corrected chi connectivity index (χ2v) is 16.0. The van der Waals surface area contributed by atoms with Crippen molar-refractivity contribution in [2.24, 2.45) is 0 Å². The van der Waals surface area contributed by atoms with Crippen LogP contribution in [0.25, 0.3) is 0 Å². The van der Waals surface area contributed by atoms with E-state index in [1.54, 1.807) is 0 Å². The lowest BCUT2D eigenvalue weighted by molar-refractivity contribution is -0.562. The van der Waals surface area contributed by atoms with Gasteiger partial charge >= 0.3 is 11.9 Å². The van der Waals surface area contributed by atoms with Gasteiger partial charge in [0.15, 0.2) is 0 Å². The van der Waals surface area contributed by atoms with Crippen LogP contribution in [0.5, 0.6) is 0 Å². The SMILES string of the molecule is C(C#CC12OC3C4(CCCO4)C(O1)C1(CCCO1)C(O2)C31CCCO1)#CC12OC3C4(CCCO4)C(O1)C1(CCCO1)C(O2)C31CCCO1. The predicted molar refractivity (Wildman–Crippen MR) is 158 cm³/mol. The second kappa shape index (κ2) is 9.35. The van der Waals surface area contributed by atoms with Crippen molar-refractivity contribution in [3.05, 3.63) is 0 Å². The Morgan fingerprint density at radius 2 is 0.521 bits per heavy atom. The van der Waals surface area contributed by atoms with Crippen molar-refractivity contribution in [2.75, 3.05) is 39.6 Å². The van der Waals surface area contributed by atoms with E-state index in [9.17, 15) is 0 Å². The van der Waals surface area contributed by atoms with Crippen LogP contribution in [0.15, 0.2) is 0 Å². The van der Waals surface area contributed by atoms with Crippen molar-refractivity contribution < 1.29 is 56.8 Å². The molecule has 0 N–H and O–H groups in total. The average molecular weight is 667 g/mol. The Morgan fingerprint density at radius 1 is 0.312 bits per heavy atom. The molecule has 48 heavy (non-hydrogen) atoms. The summed E-state index contributed by atoms with van der Waals surface area (Å²) in [6, 6.07) is 0. The predicted octanol–water partition coefficient (Wildman–Crippen LogP) is 1.99. The summed E-state index contributed by atoms with van der Waals surface area (Å²) in [6.45, 7) is 3.90. The van der Waals surface area contributed by atoms with E-state index in [1.165, 1.54) is 0 Å². The van der Waals surface area contributed by atoms with Gasteiger partial charge in [-0.2, -0.15) is 0 Å². The van der Waals surface area contributed by atoms with Crippen LogP contribution >= 0.6 is 0 Å². The maximum absolute atomic E-state index is 6.74. The fraction of sp³-hybridized carbons (Fsp3) is 0.889. The molecule has 12 heteroatoms. The highest BCUT2D eigenvalue weighted by Gasteiger charge is 2.86. The van der Waals surface area contributed by atoms with Crippen LogP contribution < -0.4 is 0 Å². The van der Waals surface area contributed by atoms with E-state index in [2.05, 4.69) is 23.7 Å². The topological polar surface area (TPSA) is 111 Å². The molecule has 2 saturated carbocycles. The van der Waals surface area contributed by atoms with Crippen LogP contribution in [0.3, 0.4) is 0 Å². The molecule has 2 aliphatic carbocycles. The Balaban J connectivity index is 0.909. The van der Waals surface area contributed by atoms with Crippen molar-refractivity contribution in [3.8, 4) is 23.7 Å². The van der Waals surface area contributed by atoms with E-state index in [4.69, 9.17) is 56.8 Å². The van der Waals surface area contributed by atoms with Gasteiger partial charge in [-0.3, -0.25) is 0 Å². The molecule has 258 valence electrons. The summed E-state index contributed by atoms with van der Waals surface area (Å²) in [5.74, 6) is 9.01. The molecule has 0 unspecified atom stereocenters. The third-order valence-corrected chi connectivity index (χ3v) is 14.0. The minimum Gasteiger partial charge on any atom is -0.369 e. The van der Waals surface area contributed by atoms with Crippen molar-refractivity contribution in [2.45, 2.75) is 159 Å². The van der Waals surface area contributed by atoms with Crippen molar-refractivity contribution in [3.63, 3.8) is 0 Å². The van der Waals surface area contributed by atoms with E-state index >= 15 is 0 Å². The Bertz CT molecular complexity index is 1220. The zero-order valence-corrected chi connectivity index (χ0v) is 27.1. The first-order valence-electron chi connectivity index (χ1n) is 18.4. The van der Waals surface area contributed by atoms with Gasteiger partial charge in [-0.1, -0.05) is 0 Å². The monoisotopic (exact) mass is 666 g/mol. The van der Waals surface area contributed by atoms with E-state index in [0.29, 0.717) is 39.6 Å². The first kappa shape index (κ1) is 29.2. The molecule has 14 rings (SSSR count). The number of rotatable bonds is 0. The molecule has 8 bridgehead atoms. The quantitative estimate of drug-likeness (QED) is 0.353. The summed E-state index contributed by atoms with van der Waals surface area (Å²) in [7, 11) is 0. The molecule has 12 nitrogen and oxygen atoms in total. The van der Waals surface area contributed by atoms with Crippen LogP contribution in [0, 0.1) is 23.7 Å². The number of hydrogen-bond acceptors (Lipinski definition) is 12. The molecule has 0 aromatic rings. The minimum absolute atomic E-state index is 0.393. The Labute approximate surface area is 279 Å². The van der Waals surface area contributed by atoms with Gasteiger partial charge in [-0.25, -0.2) is 0 Å². The lowest BCUT2D eigenvalue weighted by atomic mass is 9.57. The van der Waals surface area contributed by atoms with Crippen LogP contribution in [0.1, 0.15) is 77.0 Å². The molecule has 0 aromatic carbocycles. The molecule has 0 atom stereocenters. The van der Waals surface area contributed by atoms with Gasteiger partial charge < -0.3 is 56.8 Å². The van der Waals surface area contributed by atoms with Crippen LogP contribution in [0.2, 0.25) is 0 Å². The summed E-state index contributed by atoms with van der Waals surface area (Å²) in [6.07, 6.45) is 8.09. The molecule has 12 saturated heterocycles. The Morgan fingerprint density at radius 3 is 0.688 bits per heavy atom. The molecule has 12 heterocycles. The van der Waals surface area contributed by atoms with Gasteiger partial charge in [0.25, 0.3) is 0 Å². The van der Waals surface area contributed by atoms with Crippen LogP contribution in [-0.2, 0) is 56.8 Å². The standard InChI is InChI=1S/C36H42O12/c1(15-35-43-23-29(9-3-17-37-29)24(44-35)31(11-5-19-39-31)25(45-35)30(23)10-4-18-38-30)2-16-36-46-26-32(12-6-20-40-32)27(47-36)34(14-8-22-42-34)28(48-36)33(26)13-7-21-41-33/h23-28H,3-14,17-22H2. The second-order valence-electron chi connectivity index (χ2n) is 16.0. The number of ether oxygens (including phenoxy) is 12. The van der Waals surface area contributed by atoms with Crippen LogP contribution in [0.4, 0.5) is 0 Å². The van der Waals surface area contributed by atoms with Gasteiger partial charge in [0, 0.05) is 51.5 Å². The lowest BCUT2D eigenvalue weighted by Crippen LogP contribution is -2.90. The molecule has 6 spiro atoms. The molecule has 12 aliphatic heterocycles. The average Bonchev–Trinajstić information content (AvgIpc) is 3.96. The van der Waals surface area contributed by atoms with Gasteiger partial charge in [0.1, 0.15) is 70.2 Å². The van der Waals surface area contributed by atoms with Crippen molar-refractivity contribution >= 4 is 0 Å². The van der Waals surface area contributed by atoms with Crippen LogP contribution in [-0.4, -0.2) is 122 Å². The minimum atomic E-state index is -1.62. The lowest BCUT2D eigenvalue weighted by Gasteiger charge is -2.71. The third-order valence-electron chi connectivity index (χ3n) is 14.0. The van der Waals surface area contributed by atoms with E-state index in [1.807, 2.05) is 0 Å². The summed E-state index contributed by atoms with van der Waals surface area (Å²) in [5.41, 5.74) is -4.03. The van der Waals surface area contributed by atoms with E-state index < -0.39 is 82.2 Å². The highest BCUT2D eigenvalue weighted by molar-refractivity contribution is 5.38. The summed E-state index contributed by atoms with van der Waals surface area (Å²) in [4.78, 5) is 0. The Hall–Kier alpha value is -1.36. The molecular weight excluding hydrogens is 624 g/mol. The van der Waals surface area contributed by atoms with Gasteiger partial charge in [-0.15, -0.1) is 0 Å². The van der Waals surface area contributed by atoms with E-state index in [-0.39, 0.29) is 0 Å². The smallest absolute Gasteiger partial charge is 0.355 e. The molecular formula is C36H42O12. The summed E-state index contributed by atoms with van der Waals surface area (Å²) >= 11 is 0. The molecule has 0 aromatic heterocycles. The molecule has 0 amide bonds. The molecule has 0 radical (unpaired) electrons. The van der Waals surface area contributed by atoms with Gasteiger partial charge in [0.2, 0.25) is 0 Å². The van der Waals surface area contributed by atoms with Crippen molar-refractivity contribution in [1.82, 2.24) is 0 Å². The zero-order valence-electron chi connectivity index (χ0n) is 27.1. The first-order valence-corrected chi connectivity index (χ1v) is 18.4. The Kier molecular flexibility index (Phi) is 5.69. The van der Waals surface area contributed by atoms with Gasteiger partial charge in [0.05, 0.1) is 0 Å². The maximum atomic E-state index is 6.74. The number of hydrogen-bond donors (Lipinski definition) is 0. The maximum Gasteiger partial charge on any atom is 0.355 e. The largest absolute Gasteiger partial charge is 0.369 e. The fourth-order valence-electron chi connectivity index (χ4n) is 12.6. The molecule has 14 fully saturated rings. The highest BCUT2D eigenvalue weighted by Crippen LogP contribution is 2.68. The van der Waals surface area contributed by atoms with Crippen molar-refractivity contribution in [1.29, 1.82) is 0 Å².